The van der Waals surface area contributed by atoms with E-state index < -0.39 is 0 Å². The van der Waals surface area contributed by atoms with Gasteiger partial charge < -0.3 is 11.1 Å². The molecule has 0 amide bonds. The van der Waals surface area contributed by atoms with Crippen LogP contribution in [-0.4, -0.2) is 9.78 Å². The topological polar surface area (TPSA) is 55.9 Å². The van der Waals surface area contributed by atoms with Gasteiger partial charge >= 0.3 is 0 Å². The summed E-state index contributed by atoms with van der Waals surface area (Å²) in [4.78, 5) is 0. The number of benzene rings is 1. The van der Waals surface area contributed by atoms with Crippen molar-refractivity contribution in [3.05, 3.63) is 33.9 Å². The highest BCUT2D eigenvalue weighted by Crippen LogP contribution is 2.29. The second kappa shape index (κ2) is 5.65. The second-order valence-electron chi connectivity index (χ2n) is 4.47. The van der Waals surface area contributed by atoms with Gasteiger partial charge in [-0.05, 0) is 36.6 Å². The van der Waals surface area contributed by atoms with E-state index >= 15 is 0 Å². The monoisotopic (exact) mass is 322 g/mol. The Balaban J connectivity index is 2.39. The fourth-order valence-corrected chi connectivity index (χ4v) is 2.52. The summed E-state index contributed by atoms with van der Waals surface area (Å²) in [6.45, 7) is 4.19. The number of hydrogen-bond acceptors (Lipinski definition) is 3. The molecule has 4 nitrogen and oxygen atoms in total. The first-order chi connectivity index (χ1) is 9.06. The lowest BCUT2D eigenvalue weighted by Crippen LogP contribution is -2.03. The van der Waals surface area contributed by atoms with Crippen molar-refractivity contribution in [3.8, 4) is 0 Å². The zero-order chi connectivity index (χ0) is 14.0. The molecular weight excluding hydrogens is 304 g/mol. The third kappa shape index (κ3) is 2.76. The van der Waals surface area contributed by atoms with E-state index in [2.05, 4.69) is 52.3 Å². The van der Waals surface area contributed by atoms with Crippen molar-refractivity contribution < 1.29 is 0 Å². The molecule has 0 aliphatic heterocycles. The van der Waals surface area contributed by atoms with Crippen molar-refractivity contribution in [2.24, 2.45) is 7.05 Å². The third-order valence-electron chi connectivity index (χ3n) is 3.20. The minimum atomic E-state index is 0.731. The largest absolute Gasteiger partial charge is 0.394 e. The molecule has 0 fully saturated rings. The van der Waals surface area contributed by atoms with Crippen LogP contribution >= 0.6 is 15.9 Å². The molecule has 0 aliphatic carbocycles. The van der Waals surface area contributed by atoms with Crippen LogP contribution in [0.2, 0.25) is 0 Å². The molecule has 0 saturated carbocycles. The Morgan fingerprint density at radius 1 is 1.32 bits per heavy atom. The number of nitrogens with zero attached hydrogens (tertiary/aromatic N) is 2. The smallest absolute Gasteiger partial charge is 0.152 e. The molecule has 3 N–H and O–H groups in total. The highest BCUT2D eigenvalue weighted by Gasteiger charge is 2.13. The summed E-state index contributed by atoms with van der Waals surface area (Å²) in [6.07, 6.45) is 1.79. The second-order valence-corrected chi connectivity index (χ2v) is 5.38. The van der Waals surface area contributed by atoms with Crippen molar-refractivity contribution in [1.29, 1.82) is 0 Å². The number of hydrogen-bond donors (Lipinski definition) is 2. The zero-order valence-electron chi connectivity index (χ0n) is 11.5. The molecule has 0 radical (unpaired) electrons. The van der Waals surface area contributed by atoms with E-state index in [1.54, 1.807) is 4.68 Å². The fourth-order valence-electron chi connectivity index (χ4n) is 2.11. The summed E-state index contributed by atoms with van der Waals surface area (Å²) in [5.41, 5.74) is 10.1. The first-order valence-corrected chi connectivity index (χ1v) is 7.22. The summed E-state index contributed by atoms with van der Waals surface area (Å²) < 4.78 is 2.89. The number of rotatable bonds is 4. The number of nitrogen functional groups attached to an aromatic ring is 1. The molecule has 1 heterocycles. The van der Waals surface area contributed by atoms with Gasteiger partial charge in [0.05, 0.1) is 11.4 Å². The molecule has 2 rings (SSSR count). The van der Waals surface area contributed by atoms with Crippen molar-refractivity contribution in [1.82, 2.24) is 9.78 Å². The quantitative estimate of drug-likeness (QED) is 0.903. The lowest BCUT2D eigenvalue weighted by atomic mass is 10.1. The van der Waals surface area contributed by atoms with Gasteiger partial charge in [0.25, 0.3) is 0 Å². The average molecular weight is 323 g/mol. The van der Waals surface area contributed by atoms with Gasteiger partial charge in [0.15, 0.2) is 5.82 Å². The normalized spacial score (nSPS) is 10.7. The molecule has 1 aromatic carbocycles. The van der Waals surface area contributed by atoms with E-state index in [-0.39, 0.29) is 0 Å². The van der Waals surface area contributed by atoms with Crippen LogP contribution in [0.3, 0.4) is 0 Å². The van der Waals surface area contributed by atoms with E-state index in [9.17, 15) is 0 Å². The van der Waals surface area contributed by atoms with E-state index in [0.29, 0.717) is 0 Å². The summed E-state index contributed by atoms with van der Waals surface area (Å²) >= 11 is 3.50. The number of nitrogens with one attached hydrogen (secondary N) is 1. The van der Waals surface area contributed by atoms with Crippen LogP contribution in [0.15, 0.2) is 22.7 Å². The molecule has 0 unspecified atom stereocenters. The Morgan fingerprint density at radius 2 is 2.05 bits per heavy atom. The first kappa shape index (κ1) is 13.9. The molecule has 0 atom stereocenters. The minimum absolute atomic E-state index is 0.731. The molecule has 5 heteroatoms. The Kier molecular flexibility index (Phi) is 4.14. The number of halogens is 1. The van der Waals surface area contributed by atoms with Crippen molar-refractivity contribution >= 4 is 33.1 Å². The molecule has 19 heavy (non-hydrogen) atoms. The fraction of sp³-hybridized carbons (Fsp3) is 0.357. The van der Waals surface area contributed by atoms with E-state index in [1.807, 2.05) is 13.1 Å². The molecule has 1 aromatic heterocycles. The van der Waals surface area contributed by atoms with Crippen molar-refractivity contribution in [2.45, 2.75) is 26.7 Å². The van der Waals surface area contributed by atoms with E-state index in [4.69, 9.17) is 5.73 Å². The summed E-state index contributed by atoms with van der Waals surface area (Å²) in [5.74, 6) is 0.855. The minimum Gasteiger partial charge on any atom is -0.394 e. The number of aryl methyl sites for hydroxylation is 3. The average Bonchev–Trinajstić information content (AvgIpc) is 2.67. The number of aromatic nitrogens is 2. The van der Waals surface area contributed by atoms with Crippen LogP contribution in [-0.2, 0) is 19.9 Å². The Hall–Kier alpha value is -1.49. The van der Waals surface area contributed by atoms with Gasteiger partial charge in [0.2, 0.25) is 0 Å². The molecule has 0 bridgehead atoms. The molecule has 0 saturated heterocycles. The summed E-state index contributed by atoms with van der Waals surface area (Å²) in [6, 6.07) is 6.20. The standard InChI is InChI=1S/C14H19BrN4/c1-4-9-8-10(15)6-7-12(9)17-14-13(16)11(5-2)18-19(14)3/h6-8,17H,4-5,16H2,1-3H3. The van der Waals surface area contributed by atoms with Gasteiger partial charge in [-0.25, -0.2) is 0 Å². The predicted octanol–water partition coefficient (Wildman–Crippen LogP) is 3.63. The summed E-state index contributed by atoms with van der Waals surface area (Å²) in [5, 5.41) is 7.81. The zero-order valence-corrected chi connectivity index (χ0v) is 13.1. The Bertz CT molecular complexity index is 589. The maximum absolute atomic E-state index is 6.13. The van der Waals surface area contributed by atoms with Gasteiger partial charge in [-0.2, -0.15) is 5.10 Å². The van der Waals surface area contributed by atoms with E-state index in [0.717, 1.165) is 40.2 Å². The van der Waals surface area contributed by atoms with Crippen LogP contribution in [0.1, 0.15) is 25.1 Å². The predicted molar refractivity (Wildman–Crippen MR) is 83.8 cm³/mol. The Morgan fingerprint density at radius 3 is 2.63 bits per heavy atom. The molecule has 2 aromatic rings. The molecule has 102 valence electrons. The van der Waals surface area contributed by atoms with Gasteiger partial charge in [-0.15, -0.1) is 0 Å². The van der Waals surface area contributed by atoms with Gasteiger partial charge in [0.1, 0.15) is 0 Å². The number of nitrogens with two attached hydrogens (primary N) is 1. The van der Waals surface area contributed by atoms with Crippen molar-refractivity contribution in [3.63, 3.8) is 0 Å². The maximum atomic E-state index is 6.13. The van der Waals surface area contributed by atoms with Crippen LogP contribution < -0.4 is 11.1 Å². The van der Waals surface area contributed by atoms with Crippen LogP contribution in [0.25, 0.3) is 0 Å². The number of anilines is 3. The van der Waals surface area contributed by atoms with Crippen LogP contribution in [0.4, 0.5) is 17.2 Å². The van der Waals surface area contributed by atoms with Gasteiger partial charge in [-0.1, -0.05) is 29.8 Å². The lowest BCUT2D eigenvalue weighted by molar-refractivity contribution is 0.753. The SMILES string of the molecule is CCc1cc(Br)ccc1Nc1c(N)c(CC)nn1C. The van der Waals surface area contributed by atoms with Crippen molar-refractivity contribution in [2.75, 3.05) is 11.1 Å². The lowest BCUT2D eigenvalue weighted by Gasteiger charge is -2.12. The molecular formula is C14H19BrN4. The molecule has 0 spiro atoms. The summed E-state index contributed by atoms with van der Waals surface area (Å²) in [7, 11) is 1.91. The third-order valence-corrected chi connectivity index (χ3v) is 3.69. The van der Waals surface area contributed by atoms with Gasteiger partial charge in [-0.3, -0.25) is 4.68 Å². The highest BCUT2D eigenvalue weighted by atomic mass is 79.9. The first-order valence-electron chi connectivity index (χ1n) is 6.43. The van der Waals surface area contributed by atoms with Crippen LogP contribution in [0.5, 0.6) is 0 Å². The van der Waals surface area contributed by atoms with E-state index in [1.165, 1.54) is 5.56 Å². The maximum Gasteiger partial charge on any atom is 0.152 e. The van der Waals surface area contributed by atoms with Crippen LogP contribution in [0, 0.1) is 0 Å². The molecule has 0 aliphatic rings. The Labute approximate surface area is 122 Å². The van der Waals surface area contributed by atoms with Gasteiger partial charge in [0, 0.05) is 17.2 Å². The highest BCUT2D eigenvalue weighted by molar-refractivity contribution is 9.10.